The van der Waals surface area contributed by atoms with Crippen LogP contribution in [0.15, 0.2) is 53.5 Å². The predicted molar refractivity (Wildman–Crippen MR) is 111 cm³/mol. The van der Waals surface area contributed by atoms with Crippen LogP contribution in [0, 0.1) is 20.8 Å². The van der Waals surface area contributed by atoms with Crippen LogP contribution in [0.25, 0.3) is 5.69 Å². The molecule has 2 N–H and O–H groups in total. The number of hydrogen-bond donors (Lipinski definition) is 2. The zero-order valence-electron chi connectivity index (χ0n) is 16.5. The van der Waals surface area contributed by atoms with Gasteiger partial charge in [0, 0.05) is 17.6 Å². The molecule has 2 aromatic carbocycles. The molecular weight excluding hydrogens is 350 g/mol. The van der Waals surface area contributed by atoms with E-state index in [1.54, 1.807) is 10.8 Å². The second kappa shape index (κ2) is 6.82. The maximum absolute atomic E-state index is 13.3. The standard InChI is InChI=1S/C23H25N3O2/c1-15-10-16(2)12-18(11-15)23(8-5-9-23)21(27)25-19-6-4-7-20(13-19)26-17(3)14-24-22(26)28/h4,6-7,10-14H,5,8-9H2,1-3H3,(H,24,28)(H,25,27). The number of amides is 1. The number of hydrogen-bond acceptors (Lipinski definition) is 2. The number of carbonyl (C=O) groups is 1. The van der Waals surface area contributed by atoms with Crippen LogP contribution in [0.3, 0.4) is 0 Å². The maximum Gasteiger partial charge on any atom is 0.330 e. The molecule has 0 atom stereocenters. The lowest BCUT2D eigenvalue weighted by molar-refractivity contribution is -0.124. The predicted octanol–water partition coefficient (Wildman–Crippen LogP) is 4.15. The molecule has 5 nitrogen and oxygen atoms in total. The minimum absolute atomic E-state index is 0.0269. The molecule has 4 rings (SSSR count). The van der Waals surface area contributed by atoms with Gasteiger partial charge in [0.1, 0.15) is 0 Å². The number of anilines is 1. The monoisotopic (exact) mass is 375 g/mol. The normalized spacial score (nSPS) is 15.1. The highest BCUT2D eigenvalue weighted by Crippen LogP contribution is 2.45. The Hall–Kier alpha value is -3.08. The summed E-state index contributed by atoms with van der Waals surface area (Å²) in [7, 11) is 0. The molecule has 3 aromatic rings. The Bertz CT molecular complexity index is 1080. The molecule has 1 heterocycles. The number of H-pyrrole nitrogens is 1. The zero-order chi connectivity index (χ0) is 19.9. The van der Waals surface area contributed by atoms with Crippen LogP contribution in [-0.4, -0.2) is 15.5 Å². The van der Waals surface area contributed by atoms with Crippen LogP contribution in [0.5, 0.6) is 0 Å². The highest BCUT2D eigenvalue weighted by molar-refractivity contribution is 6.00. The van der Waals surface area contributed by atoms with Crippen molar-refractivity contribution in [3.8, 4) is 5.69 Å². The highest BCUT2D eigenvalue weighted by atomic mass is 16.2. The minimum Gasteiger partial charge on any atom is -0.325 e. The van der Waals surface area contributed by atoms with Crippen molar-refractivity contribution in [3.63, 3.8) is 0 Å². The molecule has 0 unspecified atom stereocenters. The molecule has 0 aliphatic heterocycles. The third-order valence-electron chi connectivity index (χ3n) is 5.74. The van der Waals surface area contributed by atoms with E-state index in [0.717, 1.165) is 36.2 Å². The number of benzene rings is 2. The summed E-state index contributed by atoms with van der Waals surface area (Å²) in [6.07, 6.45) is 4.45. The minimum atomic E-state index is -0.465. The molecular formula is C23H25N3O2. The van der Waals surface area contributed by atoms with Gasteiger partial charge in [-0.2, -0.15) is 0 Å². The van der Waals surface area contributed by atoms with Gasteiger partial charge >= 0.3 is 5.69 Å². The molecule has 1 aliphatic rings. The number of nitrogens with zero attached hydrogens (tertiary/aromatic N) is 1. The molecule has 0 bridgehead atoms. The van der Waals surface area contributed by atoms with Crippen LogP contribution in [0.2, 0.25) is 0 Å². The molecule has 0 radical (unpaired) electrons. The molecule has 1 fully saturated rings. The van der Waals surface area contributed by atoms with E-state index in [1.165, 1.54) is 11.1 Å². The van der Waals surface area contributed by atoms with Gasteiger partial charge in [0.15, 0.2) is 0 Å². The van der Waals surface area contributed by atoms with E-state index in [4.69, 9.17) is 0 Å². The van der Waals surface area contributed by atoms with Crippen LogP contribution in [0.4, 0.5) is 5.69 Å². The van der Waals surface area contributed by atoms with E-state index >= 15 is 0 Å². The zero-order valence-corrected chi connectivity index (χ0v) is 16.5. The van der Waals surface area contributed by atoms with Crippen molar-refractivity contribution in [1.29, 1.82) is 0 Å². The molecule has 1 amide bonds. The first-order chi connectivity index (χ1) is 13.4. The van der Waals surface area contributed by atoms with Crippen molar-refractivity contribution in [2.24, 2.45) is 0 Å². The fourth-order valence-corrected chi connectivity index (χ4v) is 4.18. The summed E-state index contributed by atoms with van der Waals surface area (Å²) in [5, 5.41) is 3.10. The summed E-state index contributed by atoms with van der Waals surface area (Å²) in [6, 6.07) is 13.8. The van der Waals surface area contributed by atoms with Crippen molar-refractivity contribution in [3.05, 3.63) is 81.5 Å². The van der Waals surface area contributed by atoms with E-state index in [-0.39, 0.29) is 11.6 Å². The number of aromatic nitrogens is 2. The van der Waals surface area contributed by atoms with Gasteiger partial charge in [-0.3, -0.25) is 9.36 Å². The third-order valence-corrected chi connectivity index (χ3v) is 5.74. The molecule has 5 heteroatoms. The van der Waals surface area contributed by atoms with Crippen LogP contribution in [0.1, 0.15) is 41.6 Å². The fraction of sp³-hybridized carbons (Fsp3) is 0.304. The van der Waals surface area contributed by atoms with Gasteiger partial charge in [0.2, 0.25) is 5.91 Å². The average Bonchev–Trinajstić information content (AvgIpc) is 2.92. The number of carbonyl (C=O) groups excluding carboxylic acids is 1. The van der Waals surface area contributed by atoms with Crippen molar-refractivity contribution in [2.45, 2.75) is 45.4 Å². The SMILES string of the molecule is Cc1cc(C)cc(C2(C(=O)Nc3cccc(-n4c(C)c[nH]c4=O)c3)CCC2)c1. The van der Waals surface area contributed by atoms with E-state index < -0.39 is 5.41 Å². The Morgan fingerprint density at radius 1 is 1.07 bits per heavy atom. The maximum atomic E-state index is 13.3. The summed E-state index contributed by atoms with van der Waals surface area (Å²) < 4.78 is 1.60. The second-order valence-electron chi connectivity index (χ2n) is 7.89. The number of imidazole rings is 1. The number of nitrogens with one attached hydrogen (secondary N) is 2. The van der Waals surface area contributed by atoms with Crippen molar-refractivity contribution in [1.82, 2.24) is 9.55 Å². The summed E-state index contributed by atoms with van der Waals surface area (Å²) in [4.78, 5) is 28.0. The Kier molecular flexibility index (Phi) is 4.46. The van der Waals surface area contributed by atoms with Crippen molar-refractivity contribution >= 4 is 11.6 Å². The van der Waals surface area contributed by atoms with E-state index in [0.29, 0.717) is 5.69 Å². The molecule has 1 saturated carbocycles. The lowest BCUT2D eigenvalue weighted by Crippen LogP contribution is -2.46. The van der Waals surface area contributed by atoms with Crippen molar-refractivity contribution in [2.75, 3.05) is 5.32 Å². The average molecular weight is 375 g/mol. The smallest absolute Gasteiger partial charge is 0.325 e. The first-order valence-corrected chi connectivity index (χ1v) is 9.67. The summed E-state index contributed by atoms with van der Waals surface area (Å²) in [6.45, 7) is 6.01. The second-order valence-corrected chi connectivity index (χ2v) is 7.89. The lowest BCUT2D eigenvalue weighted by atomic mass is 9.63. The molecule has 1 aliphatic carbocycles. The van der Waals surface area contributed by atoms with Crippen LogP contribution in [-0.2, 0) is 10.2 Å². The molecule has 0 saturated heterocycles. The first kappa shape index (κ1) is 18.3. The Labute approximate surface area is 164 Å². The lowest BCUT2D eigenvalue weighted by Gasteiger charge is -2.41. The van der Waals surface area contributed by atoms with Gasteiger partial charge in [-0.1, -0.05) is 41.8 Å². The van der Waals surface area contributed by atoms with Crippen LogP contribution < -0.4 is 11.0 Å². The summed E-state index contributed by atoms with van der Waals surface area (Å²) in [5.41, 5.74) is 5.06. The number of aryl methyl sites for hydroxylation is 3. The first-order valence-electron chi connectivity index (χ1n) is 9.67. The number of aromatic amines is 1. The topological polar surface area (TPSA) is 66.9 Å². The third kappa shape index (κ3) is 3.07. The van der Waals surface area contributed by atoms with Gasteiger partial charge in [0.25, 0.3) is 0 Å². The van der Waals surface area contributed by atoms with Gasteiger partial charge in [-0.15, -0.1) is 0 Å². The molecule has 1 aromatic heterocycles. The quantitative estimate of drug-likeness (QED) is 0.719. The largest absolute Gasteiger partial charge is 0.330 e. The van der Waals surface area contributed by atoms with E-state index in [2.05, 4.69) is 42.3 Å². The van der Waals surface area contributed by atoms with Gasteiger partial charge in [0.05, 0.1) is 11.1 Å². The highest BCUT2D eigenvalue weighted by Gasteiger charge is 2.45. The van der Waals surface area contributed by atoms with Crippen LogP contribution >= 0.6 is 0 Å². The Morgan fingerprint density at radius 3 is 2.36 bits per heavy atom. The van der Waals surface area contributed by atoms with E-state index in [9.17, 15) is 9.59 Å². The van der Waals surface area contributed by atoms with Crippen molar-refractivity contribution < 1.29 is 4.79 Å². The number of rotatable bonds is 4. The van der Waals surface area contributed by atoms with E-state index in [1.807, 2.05) is 31.2 Å². The van der Waals surface area contributed by atoms with Gasteiger partial charge in [-0.25, -0.2) is 4.79 Å². The summed E-state index contributed by atoms with van der Waals surface area (Å²) in [5.74, 6) is 0.0269. The fourth-order valence-electron chi connectivity index (χ4n) is 4.18. The summed E-state index contributed by atoms with van der Waals surface area (Å²) >= 11 is 0. The molecule has 0 spiro atoms. The Morgan fingerprint density at radius 2 is 1.79 bits per heavy atom. The molecule has 28 heavy (non-hydrogen) atoms. The van der Waals surface area contributed by atoms with Gasteiger partial charge in [-0.05, 0) is 57.4 Å². The molecule has 144 valence electrons. The Balaban J connectivity index is 1.65. The van der Waals surface area contributed by atoms with Gasteiger partial charge < -0.3 is 10.3 Å².